The molecule has 0 aromatic heterocycles. The molecule has 18 heavy (non-hydrogen) atoms. The zero-order chi connectivity index (χ0) is 13.0. The van der Waals surface area contributed by atoms with Crippen LogP contribution in [0.3, 0.4) is 0 Å². The van der Waals surface area contributed by atoms with Gasteiger partial charge in [0.05, 0.1) is 6.54 Å². The highest BCUT2D eigenvalue weighted by molar-refractivity contribution is 5.92. The van der Waals surface area contributed by atoms with Crippen molar-refractivity contribution in [2.75, 3.05) is 38.0 Å². The van der Waals surface area contributed by atoms with Gasteiger partial charge in [0.15, 0.2) is 0 Å². The summed E-state index contributed by atoms with van der Waals surface area (Å²) in [6, 6.07) is 2.96. The van der Waals surface area contributed by atoms with Crippen molar-refractivity contribution in [3.63, 3.8) is 0 Å². The van der Waals surface area contributed by atoms with E-state index in [1.54, 1.807) is 0 Å². The monoisotopic (exact) mass is 255 g/mol. The lowest BCUT2D eigenvalue weighted by Gasteiger charge is -2.26. The first-order chi connectivity index (χ1) is 8.63. The van der Waals surface area contributed by atoms with Crippen LogP contribution in [0.4, 0.5) is 14.5 Å². The second-order valence-electron chi connectivity index (χ2n) is 4.23. The van der Waals surface area contributed by atoms with Crippen LogP contribution in [0.2, 0.25) is 0 Å². The molecule has 2 rings (SSSR count). The highest BCUT2D eigenvalue weighted by atomic mass is 19.1. The number of hydrogen-bond donors (Lipinski definition) is 2. The van der Waals surface area contributed by atoms with Crippen LogP contribution in [0.1, 0.15) is 0 Å². The number of rotatable bonds is 3. The summed E-state index contributed by atoms with van der Waals surface area (Å²) >= 11 is 0. The minimum Gasteiger partial charge on any atom is -0.325 e. The van der Waals surface area contributed by atoms with Crippen molar-refractivity contribution >= 4 is 11.6 Å². The number of hydrogen-bond acceptors (Lipinski definition) is 3. The average molecular weight is 255 g/mol. The number of halogens is 2. The molecule has 1 aliphatic rings. The van der Waals surface area contributed by atoms with Crippen molar-refractivity contribution < 1.29 is 13.6 Å². The van der Waals surface area contributed by atoms with Gasteiger partial charge >= 0.3 is 0 Å². The zero-order valence-corrected chi connectivity index (χ0v) is 9.88. The summed E-state index contributed by atoms with van der Waals surface area (Å²) in [6.45, 7) is 3.53. The van der Waals surface area contributed by atoms with Crippen LogP contribution < -0.4 is 10.6 Å². The molecule has 98 valence electrons. The summed E-state index contributed by atoms with van der Waals surface area (Å²) in [7, 11) is 0. The molecular weight excluding hydrogens is 240 g/mol. The van der Waals surface area contributed by atoms with Crippen LogP contribution in [0.25, 0.3) is 0 Å². The summed E-state index contributed by atoms with van der Waals surface area (Å²) in [5, 5.41) is 5.67. The predicted octanol–water partition coefficient (Wildman–Crippen LogP) is 0.808. The molecule has 1 fully saturated rings. The summed E-state index contributed by atoms with van der Waals surface area (Å²) < 4.78 is 25.9. The van der Waals surface area contributed by atoms with Gasteiger partial charge in [0.1, 0.15) is 11.6 Å². The topological polar surface area (TPSA) is 44.4 Å². The summed E-state index contributed by atoms with van der Waals surface area (Å²) in [5.41, 5.74) is 0.146. The lowest BCUT2D eigenvalue weighted by molar-refractivity contribution is -0.117. The van der Waals surface area contributed by atoms with Crippen LogP contribution in [0.5, 0.6) is 0 Å². The van der Waals surface area contributed by atoms with Gasteiger partial charge in [-0.25, -0.2) is 8.78 Å². The first-order valence-corrected chi connectivity index (χ1v) is 5.82. The van der Waals surface area contributed by atoms with E-state index < -0.39 is 11.6 Å². The van der Waals surface area contributed by atoms with Crippen molar-refractivity contribution in [1.82, 2.24) is 10.2 Å². The summed E-state index contributed by atoms with van der Waals surface area (Å²) in [4.78, 5) is 13.7. The fourth-order valence-electron chi connectivity index (χ4n) is 1.90. The molecule has 0 spiro atoms. The lowest BCUT2D eigenvalue weighted by Crippen LogP contribution is -2.46. The molecule has 2 N–H and O–H groups in total. The third-order valence-electron chi connectivity index (χ3n) is 2.72. The van der Waals surface area contributed by atoms with Crippen molar-refractivity contribution in [2.24, 2.45) is 0 Å². The van der Waals surface area contributed by atoms with E-state index in [1.807, 2.05) is 4.90 Å². The van der Waals surface area contributed by atoms with Crippen molar-refractivity contribution in [3.05, 3.63) is 29.8 Å². The van der Waals surface area contributed by atoms with Crippen LogP contribution in [-0.2, 0) is 4.79 Å². The van der Waals surface area contributed by atoms with Gasteiger partial charge in [0, 0.05) is 37.9 Å². The Morgan fingerprint density at radius 3 is 2.44 bits per heavy atom. The number of benzene rings is 1. The highest BCUT2D eigenvalue weighted by Gasteiger charge is 2.13. The molecule has 1 aromatic rings. The fraction of sp³-hybridized carbons (Fsp3) is 0.417. The summed E-state index contributed by atoms with van der Waals surface area (Å²) in [5.74, 6) is -1.66. The first kappa shape index (κ1) is 12.9. The molecule has 1 saturated heterocycles. The summed E-state index contributed by atoms with van der Waals surface area (Å²) in [6.07, 6.45) is 0. The average Bonchev–Trinajstić information content (AvgIpc) is 2.28. The van der Waals surface area contributed by atoms with Gasteiger partial charge in [-0.1, -0.05) is 0 Å². The number of nitrogens with one attached hydrogen (secondary N) is 2. The predicted molar refractivity (Wildman–Crippen MR) is 64.3 cm³/mol. The van der Waals surface area contributed by atoms with E-state index in [-0.39, 0.29) is 18.1 Å². The molecule has 0 bridgehead atoms. The second-order valence-corrected chi connectivity index (χ2v) is 4.23. The Morgan fingerprint density at radius 2 is 1.83 bits per heavy atom. The van der Waals surface area contributed by atoms with Gasteiger partial charge in [-0.05, 0) is 12.1 Å². The van der Waals surface area contributed by atoms with E-state index in [9.17, 15) is 13.6 Å². The molecule has 1 aromatic carbocycles. The van der Waals surface area contributed by atoms with E-state index in [0.29, 0.717) is 0 Å². The molecule has 0 unspecified atom stereocenters. The Labute approximate surface area is 104 Å². The van der Waals surface area contributed by atoms with Gasteiger partial charge < -0.3 is 10.6 Å². The molecule has 1 heterocycles. The molecule has 0 radical (unpaired) electrons. The highest BCUT2D eigenvalue weighted by Crippen LogP contribution is 2.12. The van der Waals surface area contributed by atoms with Crippen molar-refractivity contribution in [2.45, 2.75) is 0 Å². The standard InChI is InChI=1S/C12H15F2N3O/c13-9-5-10(14)7-11(6-9)16-12(18)8-17-3-1-15-2-4-17/h5-7,15H,1-4,8H2,(H,16,18). The molecule has 1 amide bonds. The van der Waals surface area contributed by atoms with Crippen molar-refractivity contribution in [3.8, 4) is 0 Å². The molecule has 0 saturated carbocycles. The SMILES string of the molecule is O=C(CN1CCNCC1)Nc1cc(F)cc(F)c1. The number of carbonyl (C=O) groups is 1. The minimum absolute atomic E-state index is 0.146. The van der Waals surface area contributed by atoms with Gasteiger partial charge in [0.25, 0.3) is 0 Å². The van der Waals surface area contributed by atoms with Crippen LogP contribution in [0.15, 0.2) is 18.2 Å². The molecule has 1 aliphatic heterocycles. The maximum atomic E-state index is 12.9. The van der Waals surface area contributed by atoms with E-state index in [0.717, 1.165) is 44.4 Å². The Hall–Kier alpha value is -1.53. The van der Waals surface area contributed by atoms with Gasteiger partial charge in [-0.15, -0.1) is 0 Å². The van der Waals surface area contributed by atoms with Crippen LogP contribution in [0, 0.1) is 11.6 Å². The second kappa shape index (κ2) is 5.88. The normalized spacial score (nSPS) is 16.6. The van der Waals surface area contributed by atoms with E-state index in [2.05, 4.69) is 10.6 Å². The number of anilines is 1. The third kappa shape index (κ3) is 3.75. The van der Waals surface area contributed by atoms with Crippen LogP contribution >= 0.6 is 0 Å². The zero-order valence-electron chi connectivity index (χ0n) is 9.88. The van der Waals surface area contributed by atoms with E-state index in [1.165, 1.54) is 0 Å². The quantitative estimate of drug-likeness (QED) is 0.840. The van der Waals surface area contributed by atoms with E-state index in [4.69, 9.17) is 0 Å². The Balaban J connectivity index is 1.89. The Morgan fingerprint density at radius 1 is 1.22 bits per heavy atom. The molecular formula is C12H15F2N3O. The number of carbonyl (C=O) groups excluding carboxylic acids is 1. The maximum absolute atomic E-state index is 12.9. The van der Waals surface area contributed by atoms with E-state index >= 15 is 0 Å². The van der Waals surface area contributed by atoms with Gasteiger partial charge in [0.2, 0.25) is 5.91 Å². The van der Waals surface area contributed by atoms with Gasteiger partial charge in [-0.2, -0.15) is 0 Å². The largest absolute Gasteiger partial charge is 0.325 e. The van der Waals surface area contributed by atoms with Crippen molar-refractivity contribution in [1.29, 1.82) is 0 Å². The Kier molecular flexibility index (Phi) is 4.22. The smallest absolute Gasteiger partial charge is 0.238 e. The van der Waals surface area contributed by atoms with Crippen LogP contribution in [-0.4, -0.2) is 43.5 Å². The third-order valence-corrected chi connectivity index (χ3v) is 2.72. The lowest BCUT2D eigenvalue weighted by atomic mass is 10.3. The van der Waals surface area contributed by atoms with Gasteiger partial charge in [-0.3, -0.25) is 9.69 Å². The minimum atomic E-state index is -0.701. The molecule has 6 heteroatoms. The Bertz CT molecular complexity index is 413. The molecule has 4 nitrogen and oxygen atoms in total. The number of nitrogens with zero attached hydrogens (tertiary/aromatic N) is 1. The first-order valence-electron chi connectivity index (χ1n) is 5.82. The fourth-order valence-corrected chi connectivity index (χ4v) is 1.90. The number of piperazine rings is 1. The molecule has 0 atom stereocenters. The number of amides is 1. The molecule has 0 aliphatic carbocycles. The maximum Gasteiger partial charge on any atom is 0.238 e.